The summed E-state index contributed by atoms with van der Waals surface area (Å²) in [6.07, 6.45) is 11.6. The molecule has 5 rings (SSSR count). The van der Waals surface area contributed by atoms with Crippen molar-refractivity contribution in [3.05, 3.63) is 35.9 Å². The van der Waals surface area contributed by atoms with Crippen molar-refractivity contribution < 1.29 is 0 Å². The Bertz CT molecular complexity index is 789. The summed E-state index contributed by atoms with van der Waals surface area (Å²) in [7, 11) is 6.79. The van der Waals surface area contributed by atoms with Crippen molar-refractivity contribution in [3.8, 4) is 0 Å². The lowest BCUT2D eigenvalue weighted by molar-refractivity contribution is -0.121. The number of fused-ring (bicyclic) bond motifs is 5. The van der Waals surface area contributed by atoms with E-state index >= 15 is 0 Å². The number of hydrogen-bond acceptors (Lipinski definition) is 2. The van der Waals surface area contributed by atoms with Crippen molar-refractivity contribution in [2.75, 3.05) is 21.1 Å². The molecule has 5 unspecified atom stereocenters. The summed E-state index contributed by atoms with van der Waals surface area (Å²) in [6, 6.07) is 12.8. The van der Waals surface area contributed by atoms with Crippen molar-refractivity contribution in [1.82, 2.24) is 10.2 Å². The average Bonchev–Trinajstić information content (AvgIpc) is 3.15. The highest BCUT2D eigenvalue weighted by atomic mass is 15.1. The fourth-order valence-corrected chi connectivity index (χ4v) is 9.89. The molecule has 1 aromatic carbocycles. The zero-order valence-corrected chi connectivity index (χ0v) is 21.6. The summed E-state index contributed by atoms with van der Waals surface area (Å²) in [4.78, 5) is 2.49. The standard InChI is InChI=1S/C30H48N2/c1-20(32(5)6)25-14-15-26-23-13-12-22-18-28(31-4)24(21-10-8-7-9-11-21)19-30(22,3)27(23)16-17-29(25,26)2/h7-11,20,22-28,31H,12-19H2,1-6H3/t20?,22?,23?,24-,25+,26?,27?,28-,29+,30-/m0/s1. The Labute approximate surface area is 197 Å². The normalized spacial score (nSPS) is 46.9. The highest BCUT2D eigenvalue weighted by Crippen LogP contribution is 2.68. The molecular formula is C30H48N2. The molecule has 0 radical (unpaired) electrons. The Hall–Kier alpha value is -0.860. The van der Waals surface area contributed by atoms with Gasteiger partial charge in [0.1, 0.15) is 0 Å². The van der Waals surface area contributed by atoms with Gasteiger partial charge in [0.25, 0.3) is 0 Å². The third-order valence-corrected chi connectivity index (χ3v) is 11.8. The van der Waals surface area contributed by atoms with Gasteiger partial charge in [-0.3, -0.25) is 0 Å². The highest BCUT2D eigenvalue weighted by Gasteiger charge is 2.61. The van der Waals surface area contributed by atoms with E-state index in [9.17, 15) is 0 Å². The van der Waals surface area contributed by atoms with Crippen LogP contribution in [0.25, 0.3) is 0 Å². The van der Waals surface area contributed by atoms with Crippen LogP contribution in [0.2, 0.25) is 0 Å². The van der Waals surface area contributed by atoms with E-state index in [1.807, 2.05) is 0 Å². The molecule has 0 bridgehead atoms. The number of rotatable bonds is 4. The number of hydrogen-bond donors (Lipinski definition) is 1. The lowest BCUT2D eigenvalue weighted by Gasteiger charge is -2.62. The molecule has 178 valence electrons. The minimum atomic E-state index is 0.517. The maximum Gasteiger partial charge on any atom is 0.0136 e. The van der Waals surface area contributed by atoms with Crippen LogP contribution in [0, 0.1) is 40.4 Å². The number of benzene rings is 1. The second kappa shape index (κ2) is 8.42. The molecular weight excluding hydrogens is 388 g/mol. The Morgan fingerprint density at radius 2 is 1.66 bits per heavy atom. The van der Waals surface area contributed by atoms with Gasteiger partial charge < -0.3 is 10.2 Å². The molecule has 0 saturated heterocycles. The van der Waals surface area contributed by atoms with Gasteiger partial charge in [0, 0.05) is 12.1 Å². The number of nitrogens with one attached hydrogen (secondary N) is 1. The van der Waals surface area contributed by atoms with Gasteiger partial charge in [-0.05, 0) is 131 Å². The van der Waals surface area contributed by atoms with Gasteiger partial charge >= 0.3 is 0 Å². The van der Waals surface area contributed by atoms with Crippen LogP contribution >= 0.6 is 0 Å². The van der Waals surface area contributed by atoms with Crippen LogP contribution in [0.15, 0.2) is 30.3 Å². The van der Waals surface area contributed by atoms with E-state index in [1.165, 1.54) is 51.4 Å². The smallest absolute Gasteiger partial charge is 0.0136 e. The van der Waals surface area contributed by atoms with Crippen LogP contribution in [-0.4, -0.2) is 38.1 Å². The zero-order valence-electron chi connectivity index (χ0n) is 21.6. The lowest BCUT2D eigenvalue weighted by atomic mass is 9.43. The molecule has 1 aromatic rings. The largest absolute Gasteiger partial charge is 0.316 e. The summed E-state index contributed by atoms with van der Waals surface area (Å²) in [5.74, 6) is 5.33. The predicted molar refractivity (Wildman–Crippen MR) is 136 cm³/mol. The average molecular weight is 437 g/mol. The summed E-state index contributed by atoms with van der Waals surface area (Å²) >= 11 is 0. The molecule has 0 aliphatic heterocycles. The van der Waals surface area contributed by atoms with E-state index < -0.39 is 0 Å². The SMILES string of the molecule is CN[C@H]1CC2CCC3C(CC[C@@]4(C)C3CC[C@@H]4C(C)N(C)C)[C@@]2(C)C[C@H]1c1ccccc1. The van der Waals surface area contributed by atoms with Gasteiger partial charge in [0.05, 0.1) is 0 Å². The highest BCUT2D eigenvalue weighted by molar-refractivity contribution is 5.24. The molecule has 1 N–H and O–H groups in total. The fraction of sp³-hybridized carbons (Fsp3) is 0.800. The second-order valence-corrected chi connectivity index (χ2v) is 12.9. The van der Waals surface area contributed by atoms with Crippen LogP contribution in [0.1, 0.15) is 83.6 Å². The van der Waals surface area contributed by atoms with Gasteiger partial charge in [0.15, 0.2) is 0 Å². The predicted octanol–water partition coefficient (Wildman–Crippen LogP) is 6.58. The monoisotopic (exact) mass is 436 g/mol. The van der Waals surface area contributed by atoms with E-state index in [1.54, 1.807) is 5.56 Å². The first kappa shape index (κ1) is 22.9. The van der Waals surface area contributed by atoms with Gasteiger partial charge in [0.2, 0.25) is 0 Å². The first-order valence-corrected chi connectivity index (χ1v) is 13.7. The van der Waals surface area contributed by atoms with Crippen molar-refractivity contribution in [2.24, 2.45) is 40.4 Å². The Morgan fingerprint density at radius 3 is 2.34 bits per heavy atom. The molecule has 32 heavy (non-hydrogen) atoms. The molecule has 4 aliphatic rings. The van der Waals surface area contributed by atoms with Crippen LogP contribution in [-0.2, 0) is 0 Å². The molecule has 10 atom stereocenters. The van der Waals surface area contributed by atoms with Crippen LogP contribution in [0.4, 0.5) is 0 Å². The van der Waals surface area contributed by atoms with Crippen molar-refractivity contribution in [2.45, 2.75) is 90.1 Å². The molecule has 0 aromatic heterocycles. The Kier molecular flexibility index (Phi) is 6.03. The molecule has 0 spiro atoms. The minimum absolute atomic E-state index is 0.517. The van der Waals surface area contributed by atoms with Crippen LogP contribution in [0.5, 0.6) is 0 Å². The summed E-state index contributed by atoms with van der Waals surface area (Å²) in [6.45, 7) is 7.92. The maximum absolute atomic E-state index is 3.74. The Morgan fingerprint density at radius 1 is 0.938 bits per heavy atom. The van der Waals surface area contributed by atoms with Gasteiger partial charge in [-0.25, -0.2) is 0 Å². The van der Waals surface area contributed by atoms with Gasteiger partial charge in [-0.2, -0.15) is 0 Å². The van der Waals surface area contributed by atoms with E-state index in [0.29, 0.717) is 28.8 Å². The molecule has 4 fully saturated rings. The second-order valence-electron chi connectivity index (χ2n) is 12.9. The summed E-state index contributed by atoms with van der Waals surface area (Å²) < 4.78 is 0. The van der Waals surface area contributed by atoms with E-state index in [0.717, 1.165) is 29.6 Å². The molecule has 0 heterocycles. The lowest BCUT2D eigenvalue weighted by Crippen LogP contribution is -2.57. The maximum atomic E-state index is 3.74. The first-order valence-electron chi connectivity index (χ1n) is 13.7. The number of likely N-dealkylation sites (N-methyl/N-ethyl adjacent to an activating group) is 1. The fourth-order valence-electron chi connectivity index (χ4n) is 9.89. The van der Waals surface area contributed by atoms with E-state index in [2.05, 4.69) is 82.5 Å². The number of nitrogens with zero attached hydrogens (tertiary/aromatic N) is 1. The van der Waals surface area contributed by atoms with E-state index in [4.69, 9.17) is 0 Å². The summed E-state index contributed by atoms with van der Waals surface area (Å²) in [5, 5.41) is 3.74. The van der Waals surface area contributed by atoms with Gasteiger partial charge in [-0.1, -0.05) is 44.2 Å². The topological polar surface area (TPSA) is 15.3 Å². The third kappa shape index (κ3) is 3.42. The summed E-state index contributed by atoms with van der Waals surface area (Å²) in [5.41, 5.74) is 2.65. The molecule has 0 amide bonds. The van der Waals surface area contributed by atoms with Crippen molar-refractivity contribution >= 4 is 0 Å². The van der Waals surface area contributed by atoms with Gasteiger partial charge in [-0.15, -0.1) is 0 Å². The van der Waals surface area contributed by atoms with Crippen molar-refractivity contribution in [3.63, 3.8) is 0 Å². The van der Waals surface area contributed by atoms with Crippen LogP contribution in [0.3, 0.4) is 0 Å². The van der Waals surface area contributed by atoms with Crippen molar-refractivity contribution in [1.29, 1.82) is 0 Å². The van der Waals surface area contributed by atoms with E-state index in [-0.39, 0.29) is 0 Å². The molecule has 4 saturated carbocycles. The van der Waals surface area contributed by atoms with Crippen LogP contribution < -0.4 is 5.32 Å². The minimum Gasteiger partial charge on any atom is -0.316 e. The first-order chi connectivity index (χ1) is 15.3. The molecule has 2 heteroatoms. The Balaban J connectivity index is 1.42. The quantitative estimate of drug-likeness (QED) is 0.574. The zero-order chi connectivity index (χ0) is 22.7. The third-order valence-electron chi connectivity index (χ3n) is 11.8. The molecule has 4 aliphatic carbocycles. The molecule has 2 nitrogen and oxygen atoms in total.